The van der Waals surface area contributed by atoms with Crippen LogP contribution in [0.1, 0.15) is 24.2 Å². The van der Waals surface area contributed by atoms with Crippen LogP contribution in [0.25, 0.3) is 0 Å². The van der Waals surface area contributed by atoms with Crippen molar-refractivity contribution < 1.29 is 9.90 Å². The summed E-state index contributed by atoms with van der Waals surface area (Å²) in [6.45, 7) is 3.63. The molecule has 0 aromatic heterocycles. The van der Waals surface area contributed by atoms with Crippen LogP contribution < -0.4 is 0 Å². The first kappa shape index (κ1) is 14.7. The SMILES string of the molecule is CN(CC(C)(C)O)C(=O)c1ccc(Br)cc1Br. The number of nitrogens with zero attached hydrogens (tertiary/aromatic N) is 1. The van der Waals surface area contributed by atoms with Gasteiger partial charge in [0.15, 0.2) is 0 Å². The van der Waals surface area contributed by atoms with Gasteiger partial charge in [0, 0.05) is 22.5 Å². The molecule has 1 N–H and O–H groups in total. The number of carbonyl (C=O) groups is 1. The molecular weight excluding hydrogens is 350 g/mol. The molecule has 0 heterocycles. The van der Waals surface area contributed by atoms with Crippen LogP contribution in [-0.2, 0) is 0 Å². The predicted octanol–water partition coefficient (Wildman–Crippen LogP) is 3.05. The molecule has 1 aromatic rings. The molecule has 94 valence electrons. The Balaban J connectivity index is 2.89. The van der Waals surface area contributed by atoms with Crippen molar-refractivity contribution in [3.63, 3.8) is 0 Å². The molecule has 0 aliphatic carbocycles. The highest BCUT2D eigenvalue weighted by atomic mass is 79.9. The Morgan fingerprint density at radius 1 is 1.41 bits per heavy atom. The maximum absolute atomic E-state index is 12.1. The third-order valence-electron chi connectivity index (χ3n) is 2.13. The van der Waals surface area contributed by atoms with Gasteiger partial charge in [-0.1, -0.05) is 15.9 Å². The normalized spacial score (nSPS) is 11.4. The van der Waals surface area contributed by atoms with Crippen LogP contribution >= 0.6 is 31.9 Å². The van der Waals surface area contributed by atoms with Crippen molar-refractivity contribution in [2.24, 2.45) is 0 Å². The maximum Gasteiger partial charge on any atom is 0.254 e. The molecule has 17 heavy (non-hydrogen) atoms. The Kier molecular flexibility index (Phi) is 4.75. The zero-order valence-corrected chi connectivity index (χ0v) is 13.2. The summed E-state index contributed by atoms with van der Waals surface area (Å²) in [5.41, 5.74) is -0.313. The Hall–Kier alpha value is -0.390. The highest BCUT2D eigenvalue weighted by molar-refractivity contribution is 9.11. The average Bonchev–Trinajstić information content (AvgIpc) is 2.14. The largest absolute Gasteiger partial charge is 0.389 e. The smallest absolute Gasteiger partial charge is 0.254 e. The van der Waals surface area contributed by atoms with E-state index < -0.39 is 5.60 Å². The summed E-state index contributed by atoms with van der Waals surface area (Å²) in [4.78, 5) is 13.6. The second-order valence-electron chi connectivity index (χ2n) is 4.60. The Bertz CT molecular complexity index is 427. The van der Waals surface area contributed by atoms with Crippen LogP contribution in [0.3, 0.4) is 0 Å². The molecule has 0 aliphatic rings. The van der Waals surface area contributed by atoms with E-state index in [9.17, 15) is 9.90 Å². The number of aliphatic hydroxyl groups is 1. The Morgan fingerprint density at radius 3 is 2.47 bits per heavy atom. The zero-order chi connectivity index (χ0) is 13.2. The van der Waals surface area contributed by atoms with Gasteiger partial charge < -0.3 is 10.0 Å². The van der Waals surface area contributed by atoms with E-state index >= 15 is 0 Å². The van der Waals surface area contributed by atoms with Crippen LogP contribution in [0.4, 0.5) is 0 Å². The summed E-state index contributed by atoms with van der Waals surface area (Å²) in [5, 5.41) is 9.68. The first-order valence-electron chi connectivity index (χ1n) is 5.13. The average molecular weight is 365 g/mol. The highest BCUT2D eigenvalue weighted by Crippen LogP contribution is 2.23. The fraction of sp³-hybridized carbons (Fsp3) is 0.417. The van der Waals surface area contributed by atoms with Gasteiger partial charge in [0.1, 0.15) is 0 Å². The number of halogens is 2. The number of hydrogen-bond acceptors (Lipinski definition) is 2. The van der Waals surface area contributed by atoms with Crippen LogP contribution in [0.15, 0.2) is 27.1 Å². The van der Waals surface area contributed by atoms with Gasteiger partial charge in [0.25, 0.3) is 5.91 Å². The summed E-state index contributed by atoms with van der Waals surface area (Å²) in [6.07, 6.45) is 0. The lowest BCUT2D eigenvalue weighted by Gasteiger charge is -2.26. The quantitative estimate of drug-likeness (QED) is 0.895. The predicted molar refractivity (Wildman–Crippen MR) is 75.1 cm³/mol. The van der Waals surface area contributed by atoms with Crippen LogP contribution in [0.5, 0.6) is 0 Å². The maximum atomic E-state index is 12.1. The van der Waals surface area contributed by atoms with Crippen molar-refractivity contribution in [3.05, 3.63) is 32.7 Å². The number of benzene rings is 1. The van der Waals surface area contributed by atoms with Gasteiger partial charge in [-0.15, -0.1) is 0 Å². The van der Waals surface area contributed by atoms with Crippen molar-refractivity contribution in [2.75, 3.05) is 13.6 Å². The third-order valence-corrected chi connectivity index (χ3v) is 3.28. The molecule has 0 atom stereocenters. The van der Waals surface area contributed by atoms with Crippen molar-refractivity contribution in [1.29, 1.82) is 0 Å². The van der Waals surface area contributed by atoms with Gasteiger partial charge in [-0.25, -0.2) is 0 Å². The molecule has 1 amide bonds. The van der Waals surface area contributed by atoms with Gasteiger partial charge in [-0.05, 0) is 48.0 Å². The fourth-order valence-electron chi connectivity index (χ4n) is 1.52. The van der Waals surface area contributed by atoms with E-state index in [0.717, 1.165) is 8.95 Å². The zero-order valence-electron chi connectivity index (χ0n) is 10.00. The van der Waals surface area contributed by atoms with E-state index in [1.54, 1.807) is 27.0 Å². The van der Waals surface area contributed by atoms with Crippen LogP contribution in [0.2, 0.25) is 0 Å². The molecule has 0 radical (unpaired) electrons. The van der Waals surface area contributed by atoms with E-state index in [1.165, 1.54) is 4.90 Å². The van der Waals surface area contributed by atoms with Crippen molar-refractivity contribution >= 4 is 37.8 Å². The Labute approximate surface area is 118 Å². The lowest BCUT2D eigenvalue weighted by molar-refractivity contribution is 0.0367. The molecule has 0 bridgehead atoms. The van der Waals surface area contributed by atoms with Crippen LogP contribution in [-0.4, -0.2) is 35.1 Å². The summed E-state index contributed by atoms with van der Waals surface area (Å²) in [5.74, 6) is -0.119. The summed E-state index contributed by atoms with van der Waals surface area (Å²) in [7, 11) is 1.68. The molecule has 0 saturated carbocycles. The number of hydrogen-bond donors (Lipinski definition) is 1. The molecule has 0 unspecified atom stereocenters. The first-order chi connectivity index (χ1) is 7.70. The molecular formula is C12H15Br2NO2. The minimum atomic E-state index is -0.897. The molecule has 1 rings (SSSR count). The molecule has 0 fully saturated rings. The van der Waals surface area contributed by atoms with E-state index in [0.29, 0.717) is 5.56 Å². The second-order valence-corrected chi connectivity index (χ2v) is 6.37. The lowest BCUT2D eigenvalue weighted by Crippen LogP contribution is -2.39. The van der Waals surface area contributed by atoms with E-state index in [-0.39, 0.29) is 12.5 Å². The number of rotatable bonds is 3. The lowest BCUT2D eigenvalue weighted by atomic mass is 10.1. The molecule has 1 aromatic carbocycles. The van der Waals surface area contributed by atoms with Gasteiger partial charge in [0.2, 0.25) is 0 Å². The van der Waals surface area contributed by atoms with E-state index in [1.807, 2.05) is 12.1 Å². The molecule has 0 aliphatic heterocycles. The van der Waals surface area contributed by atoms with E-state index in [4.69, 9.17) is 0 Å². The number of carbonyl (C=O) groups excluding carboxylic acids is 1. The number of amides is 1. The van der Waals surface area contributed by atoms with Crippen molar-refractivity contribution in [1.82, 2.24) is 4.90 Å². The van der Waals surface area contributed by atoms with Crippen molar-refractivity contribution in [2.45, 2.75) is 19.4 Å². The first-order valence-corrected chi connectivity index (χ1v) is 6.72. The monoisotopic (exact) mass is 363 g/mol. The third kappa shape index (κ3) is 4.41. The van der Waals surface area contributed by atoms with Crippen LogP contribution in [0, 0.1) is 0 Å². The van der Waals surface area contributed by atoms with Crippen molar-refractivity contribution in [3.8, 4) is 0 Å². The summed E-state index contributed by atoms with van der Waals surface area (Å²) < 4.78 is 1.64. The molecule has 5 heteroatoms. The number of likely N-dealkylation sites (N-methyl/N-ethyl adjacent to an activating group) is 1. The fourth-order valence-corrected chi connectivity index (χ4v) is 2.74. The molecule has 0 saturated heterocycles. The highest BCUT2D eigenvalue weighted by Gasteiger charge is 2.21. The Morgan fingerprint density at radius 2 is 2.00 bits per heavy atom. The summed E-state index contributed by atoms with van der Waals surface area (Å²) in [6, 6.07) is 5.39. The molecule has 3 nitrogen and oxygen atoms in total. The van der Waals surface area contributed by atoms with Gasteiger partial charge in [-0.2, -0.15) is 0 Å². The summed E-state index contributed by atoms with van der Waals surface area (Å²) >= 11 is 6.69. The minimum absolute atomic E-state index is 0.119. The van der Waals surface area contributed by atoms with Gasteiger partial charge >= 0.3 is 0 Å². The topological polar surface area (TPSA) is 40.5 Å². The van der Waals surface area contributed by atoms with Gasteiger partial charge in [-0.3, -0.25) is 4.79 Å². The standard InChI is InChI=1S/C12H15Br2NO2/c1-12(2,17)7-15(3)11(16)9-5-4-8(13)6-10(9)14/h4-6,17H,7H2,1-3H3. The van der Waals surface area contributed by atoms with Gasteiger partial charge in [0.05, 0.1) is 11.2 Å². The minimum Gasteiger partial charge on any atom is -0.389 e. The molecule has 0 spiro atoms. The second kappa shape index (κ2) is 5.50. The van der Waals surface area contributed by atoms with E-state index in [2.05, 4.69) is 31.9 Å².